The predicted molar refractivity (Wildman–Crippen MR) is 86.5 cm³/mol. The first-order chi connectivity index (χ1) is 11.4. The second kappa shape index (κ2) is 7.74. The molecule has 9 nitrogen and oxygen atoms in total. The van der Waals surface area contributed by atoms with Crippen molar-refractivity contribution in [3.8, 4) is 5.40 Å². The number of amides is 1. The highest BCUT2D eigenvalue weighted by Crippen LogP contribution is 2.29. The van der Waals surface area contributed by atoms with Gasteiger partial charge in [-0.1, -0.05) is 12.8 Å². The van der Waals surface area contributed by atoms with Gasteiger partial charge in [0.2, 0.25) is 0 Å². The zero-order chi connectivity index (χ0) is 17.7. The largest absolute Gasteiger partial charge is 0.348 e. The van der Waals surface area contributed by atoms with Gasteiger partial charge in [0.1, 0.15) is 5.40 Å². The summed E-state index contributed by atoms with van der Waals surface area (Å²) in [5.41, 5.74) is -1.16. The van der Waals surface area contributed by atoms with E-state index in [4.69, 9.17) is 5.26 Å². The molecule has 0 heterocycles. The van der Waals surface area contributed by atoms with E-state index in [0.29, 0.717) is 6.42 Å². The molecule has 0 aromatic heterocycles. The molecule has 1 aromatic carbocycles. The maximum absolute atomic E-state index is 12.4. The third-order valence-electron chi connectivity index (χ3n) is 3.81. The van der Waals surface area contributed by atoms with Crippen LogP contribution in [0.25, 0.3) is 0 Å². The van der Waals surface area contributed by atoms with Crippen molar-refractivity contribution in [2.24, 2.45) is 0 Å². The minimum Gasteiger partial charge on any atom is -0.348 e. The summed E-state index contributed by atoms with van der Waals surface area (Å²) in [6.45, 7) is 0. The number of hydrogen-bond donors (Lipinski definition) is 1. The molecule has 1 amide bonds. The van der Waals surface area contributed by atoms with Crippen LogP contribution in [-0.4, -0.2) is 27.0 Å². The summed E-state index contributed by atoms with van der Waals surface area (Å²) < 4.78 is 0. The first kappa shape index (κ1) is 17.7. The Hall–Kier alpha value is -2.67. The summed E-state index contributed by atoms with van der Waals surface area (Å²) in [5, 5.41) is 35.3. The molecule has 0 aliphatic heterocycles. The molecule has 0 spiro atoms. The molecule has 1 N–H and O–H groups in total. The SMILES string of the molecule is N#CS[C@@H]1CCCC[C@H]1NC(=O)c1cc([N+](=O)[O-])cc([N+](=O)[O-])c1. The van der Waals surface area contributed by atoms with Gasteiger partial charge in [0.05, 0.1) is 21.5 Å². The van der Waals surface area contributed by atoms with Crippen molar-refractivity contribution in [2.75, 3.05) is 0 Å². The molecule has 10 heteroatoms. The van der Waals surface area contributed by atoms with Crippen LogP contribution >= 0.6 is 11.8 Å². The standard InChI is InChI=1S/C14H14N4O5S/c15-8-24-13-4-2-1-3-12(13)16-14(19)9-5-10(17(20)21)7-11(6-9)18(22)23/h5-7,12-13H,1-4H2,(H,16,19)/t12-,13-/m1/s1. The van der Waals surface area contributed by atoms with E-state index in [-0.39, 0.29) is 16.9 Å². The number of thioether (sulfide) groups is 1. The summed E-state index contributed by atoms with van der Waals surface area (Å²) in [6.07, 6.45) is 3.36. The molecular formula is C14H14N4O5S. The molecule has 2 atom stereocenters. The van der Waals surface area contributed by atoms with Crippen molar-refractivity contribution in [2.45, 2.75) is 37.0 Å². The molecule has 2 rings (SSSR count). The van der Waals surface area contributed by atoms with Gasteiger partial charge in [-0.3, -0.25) is 25.0 Å². The summed E-state index contributed by atoms with van der Waals surface area (Å²) in [6, 6.07) is 2.59. The molecule has 1 fully saturated rings. The van der Waals surface area contributed by atoms with Gasteiger partial charge in [-0.15, -0.1) is 0 Å². The molecule has 1 aromatic rings. The lowest BCUT2D eigenvalue weighted by molar-refractivity contribution is -0.394. The smallest absolute Gasteiger partial charge is 0.277 e. The number of nitrogens with zero attached hydrogens (tertiary/aromatic N) is 3. The highest BCUT2D eigenvalue weighted by molar-refractivity contribution is 8.04. The molecule has 126 valence electrons. The van der Waals surface area contributed by atoms with Crippen LogP contribution in [0.1, 0.15) is 36.0 Å². The normalized spacial score (nSPS) is 20.0. The van der Waals surface area contributed by atoms with Crippen LogP contribution < -0.4 is 5.32 Å². The molecule has 24 heavy (non-hydrogen) atoms. The Labute approximate surface area is 141 Å². The first-order valence-electron chi connectivity index (χ1n) is 7.22. The quantitative estimate of drug-likeness (QED) is 0.489. The van der Waals surface area contributed by atoms with E-state index in [1.807, 2.05) is 5.40 Å². The molecule has 1 saturated carbocycles. The monoisotopic (exact) mass is 350 g/mol. The van der Waals surface area contributed by atoms with Gasteiger partial charge < -0.3 is 5.32 Å². The first-order valence-corrected chi connectivity index (χ1v) is 8.10. The van der Waals surface area contributed by atoms with Crippen LogP contribution in [0.4, 0.5) is 11.4 Å². The van der Waals surface area contributed by atoms with E-state index in [0.717, 1.165) is 49.2 Å². The molecule has 1 aliphatic rings. The highest BCUT2D eigenvalue weighted by Gasteiger charge is 2.28. The number of hydrogen-bond acceptors (Lipinski definition) is 7. The average molecular weight is 350 g/mol. The van der Waals surface area contributed by atoms with E-state index in [9.17, 15) is 25.0 Å². The fraction of sp³-hybridized carbons (Fsp3) is 0.429. The third-order valence-corrected chi connectivity index (χ3v) is 4.78. The fourth-order valence-electron chi connectivity index (χ4n) is 2.66. The van der Waals surface area contributed by atoms with Crippen molar-refractivity contribution in [1.82, 2.24) is 5.32 Å². The van der Waals surface area contributed by atoms with Crippen molar-refractivity contribution < 1.29 is 14.6 Å². The lowest BCUT2D eigenvalue weighted by Crippen LogP contribution is -2.43. The molecule has 1 aliphatic carbocycles. The van der Waals surface area contributed by atoms with Gasteiger partial charge in [0.25, 0.3) is 17.3 Å². The van der Waals surface area contributed by atoms with Crippen LogP contribution in [0.3, 0.4) is 0 Å². The Morgan fingerprint density at radius 1 is 1.17 bits per heavy atom. The van der Waals surface area contributed by atoms with Gasteiger partial charge in [-0.25, -0.2) is 0 Å². The predicted octanol–water partition coefficient (Wildman–Crippen LogP) is 2.76. The van der Waals surface area contributed by atoms with Crippen molar-refractivity contribution in [3.63, 3.8) is 0 Å². The number of nitrogens with one attached hydrogen (secondary N) is 1. The summed E-state index contributed by atoms with van der Waals surface area (Å²) in [5.74, 6) is -0.614. The number of nitro groups is 2. The minimum absolute atomic E-state index is 0.0543. The van der Waals surface area contributed by atoms with E-state index < -0.39 is 27.1 Å². The maximum atomic E-state index is 12.4. The summed E-state index contributed by atoms with van der Waals surface area (Å²) in [7, 11) is 0. The van der Waals surface area contributed by atoms with E-state index in [2.05, 4.69) is 5.32 Å². The van der Waals surface area contributed by atoms with Gasteiger partial charge in [-0.05, 0) is 24.6 Å². The van der Waals surface area contributed by atoms with Gasteiger partial charge in [0, 0.05) is 23.4 Å². The fourth-order valence-corrected chi connectivity index (χ4v) is 3.45. The summed E-state index contributed by atoms with van der Waals surface area (Å²) >= 11 is 1.09. The van der Waals surface area contributed by atoms with Crippen molar-refractivity contribution in [1.29, 1.82) is 5.26 Å². The van der Waals surface area contributed by atoms with Crippen molar-refractivity contribution in [3.05, 3.63) is 44.0 Å². The van der Waals surface area contributed by atoms with E-state index >= 15 is 0 Å². The summed E-state index contributed by atoms with van der Waals surface area (Å²) in [4.78, 5) is 32.6. The zero-order valence-electron chi connectivity index (χ0n) is 12.5. The number of rotatable bonds is 5. The Morgan fingerprint density at radius 2 is 1.75 bits per heavy atom. The topological polar surface area (TPSA) is 139 Å². The second-order valence-corrected chi connectivity index (χ2v) is 6.39. The van der Waals surface area contributed by atoms with E-state index in [1.54, 1.807) is 0 Å². The number of nitro benzene ring substituents is 2. The minimum atomic E-state index is -0.779. The zero-order valence-corrected chi connectivity index (χ0v) is 13.3. The highest BCUT2D eigenvalue weighted by atomic mass is 32.2. The molecule has 0 unspecified atom stereocenters. The number of thiocyanates is 1. The Kier molecular flexibility index (Phi) is 5.70. The Balaban J connectivity index is 2.23. The van der Waals surface area contributed by atoms with Gasteiger partial charge in [0.15, 0.2) is 0 Å². The second-order valence-electron chi connectivity index (χ2n) is 5.36. The van der Waals surface area contributed by atoms with Crippen LogP contribution in [-0.2, 0) is 0 Å². The van der Waals surface area contributed by atoms with E-state index in [1.165, 1.54) is 0 Å². The number of nitriles is 1. The number of non-ortho nitro benzene ring substituents is 2. The lowest BCUT2D eigenvalue weighted by atomic mass is 9.94. The van der Waals surface area contributed by atoms with Crippen LogP contribution in [0, 0.1) is 30.9 Å². The average Bonchev–Trinajstić information content (AvgIpc) is 2.56. The third kappa shape index (κ3) is 4.20. The van der Waals surface area contributed by atoms with Gasteiger partial charge >= 0.3 is 0 Å². The number of benzene rings is 1. The van der Waals surface area contributed by atoms with Crippen LogP contribution in [0.2, 0.25) is 0 Å². The molecule has 0 bridgehead atoms. The Bertz CT molecular complexity index is 685. The van der Waals surface area contributed by atoms with Crippen molar-refractivity contribution >= 4 is 29.0 Å². The molecule has 0 saturated heterocycles. The number of carbonyl (C=O) groups excluding carboxylic acids is 1. The van der Waals surface area contributed by atoms with Gasteiger partial charge in [-0.2, -0.15) is 5.26 Å². The lowest BCUT2D eigenvalue weighted by Gasteiger charge is -2.29. The van der Waals surface area contributed by atoms with Crippen LogP contribution in [0.5, 0.6) is 0 Å². The van der Waals surface area contributed by atoms with Crippen LogP contribution in [0.15, 0.2) is 18.2 Å². The number of carbonyl (C=O) groups is 1. The Morgan fingerprint density at radius 3 is 2.29 bits per heavy atom. The maximum Gasteiger partial charge on any atom is 0.277 e. The molecule has 0 radical (unpaired) electrons. The molecular weight excluding hydrogens is 336 g/mol.